The van der Waals surface area contributed by atoms with Crippen LogP contribution in [0.5, 0.6) is 11.5 Å². The van der Waals surface area contributed by atoms with Crippen LogP contribution in [0.4, 0.5) is 0 Å². The Hall–Kier alpha value is -0.640. The third kappa shape index (κ3) is 1.87. The van der Waals surface area contributed by atoms with E-state index in [0.717, 1.165) is 0 Å². The van der Waals surface area contributed by atoms with Crippen molar-refractivity contribution in [2.24, 2.45) is 0 Å². The Bertz CT molecular complexity index is 393. The van der Waals surface area contributed by atoms with E-state index in [9.17, 15) is 5.11 Å². The van der Waals surface area contributed by atoms with E-state index in [1.165, 1.54) is 6.07 Å². The third-order valence-electron chi connectivity index (χ3n) is 2.22. The fraction of sp³-hybridized carbons (Fsp3) is 0.400. The van der Waals surface area contributed by atoms with Crippen LogP contribution in [-0.4, -0.2) is 18.0 Å². The summed E-state index contributed by atoms with van der Waals surface area (Å²) in [6.07, 6.45) is 0.151. The van der Waals surface area contributed by atoms with E-state index in [4.69, 9.17) is 32.7 Å². The van der Waals surface area contributed by atoms with Gasteiger partial charge in [-0.2, -0.15) is 0 Å². The quantitative estimate of drug-likeness (QED) is 0.875. The van der Waals surface area contributed by atoms with Gasteiger partial charge in [0.1, 0.15) is 11.5 Å². The molecular formula is C10H10Cl2O3. The van der Waals surface area contributed by atoms with Gasteiger partial charge in [0.25, 0.3) is 0 Å². The standard InChI is InChI=1S/C10H10Cl2O3/c1-2-14-8-3-5-9(12)7(13)4-6(11)10(5)15-8/h4,8,13H,2-3H2,1H3. The summed E-state index contributed by atoms with van der Waals surface area (Å²) in [5.41, 5.74) is 0.708. The van der Waals surface area contributed by atoms with Gasteiger partial charge in [-0.25, -0.2) is 0 Å². The molecule has 0 saturated heterocycles. The minimum Gasteiger partial charge on any atom is -0.506 e. The van der Waals surface area contributed by atoms with Gasteiger partial charge in [-0.1, -0.05) is 23.2 Å². The summed E-state index contributed by atoms with van der Waals surface area (Å²) in [6.45, 7) is 2.44. The zero-order chi connectivity index (χ0) is 11.0. The molecule has 0 amide bonds. The molecule has 15 heavy (non-hydrogen) atoms. The lowest BCUT2D eigenvalue weighted by Gasteiger charge is -2.09. The van der Waals surface area contributed by atoms with Crippen molar-refractivity contribution in [3.63, 3.8) is 0 Å². The monoisotopic (exact) mass is 248 g/mol. The van der Waals surface area contributed by atoms with E-state index in [-0.39, 0.29) is 17.1 Å². The van der Waals surface area contributed by atoms with E-state index in [1.54, 1.807) is 0 Å². The van der Waals surface area contributed by atoms with Crippen molar-refractivity contribution < 1.29 is 14.6 Å². The predicted molar refractivity (Wildman–Crippen MR) is 57.9 cm³/mol. The zero-order valence-electron chi connectivity index (χ0n) is 8.09. The Morgan fingerprint density at radius 2 is 2.33 bits per heavy atom. The number of phenols is 1. The summed E-state index contributed by atoms with van der Waals surface area (Å²) < 4.78 is 10.8. The number of fused-ring (bicyclic) bond motifs is 1. The number of rotatable bonds is 2. The maximum atomic E-state index is 9.47. The maximum absolute atomic E-state index is 9.47. The summed E-state index contributed by atoms with van der Waals surface area (Å²) in [6, 6.07) is 1.37. The minimum atomic E-state index is -0.359. The lowest BCUT2D eigenvalue weighted by molar-refractivity contribution is -0.0602. The van der Waals surface area contributed by atoms with Crippen LogP contribution in [0.15, 0.2) is 6.07 Å². The van der Waals surface area contributed by atoms with E-state index in [2.05, 4.69) is 0 Å². The molecule has 1 N–H and O–H groups in total. The molecule has 1 unspecified atom stereocenters. The number of ether oxygens (including phenoxy) is 2. The summed E-state index contributed by atoms with van der Waals surface area (Å²) in [7, 11) is 0. The van der Waals surface area contributed by atoms with Gasteiger partial charge in [0, 0.05) is 24.7 Å². The molecule has 0 radical (unpaired) electrons. The maximum Gasteiger partial charge on any atom is 0.204 e. The summed E-state index contributed by atoms with van der Waals surface area (Å²) >= 11 is 11.8. The van der Waals surface area contributed by atoms with Gasteiger partial charge >= 0.3 is 0 Å². The average molecular weight is 249 g/mol. The minimum absolute atomic E-state index is 0.0267. The molecule has 3 nitrogen and oxygen atoms in total. The van der Waals surface area contributed by atoms with Gasteiger partial charge < -0.3 is 14.6 Å². The molecule has 0 aliphatic carbocycles. The van der Waals surface area contributed by atoms with Crippen LogP contribution in [0.3, 0.4) is 0 Å². The van der Waals surface area contributed by atoms with E-state index < -0.39 is 0 Å². The molecule has 1 atom stereocenters. The Morgan fingerprint density at radius 1 is 1.60 bits per heavy atom. The average Bonchev–Trinajstić information content (AvgIpc) is 2.60. The van der Waals surface area contributed by atoms with Gasteiger partial charge in [0.15, 0.2) is 0 Å². The fourth-order valence-corrected chi connectivity index (χ4v) is 2.06. The first kappa shape index (κ1) is 10.9. The molecule has 1 aliphatic heterocycles. The fourth-order valence-electron chi connectivity index (χ4n) is 1.58. The number of aromatic hydroxyl groups is 1. The first-order valence-electron chi connectivity index (χ1n) is 4.61. The van der Waals surface area contributed by atoms with E-state index >= 15 is 0 Å². The first-order valence-corrected chi connectivity index (χ1v) is 5.37. The third-order valence-corrected chi connectivity index (χ3v) is 2.92. The van der Waals surface area contributed by atoms with Crippen molar-refractivity contribution in [1.29, 1.82) is 0 Å². The Balaban J connectivity index is 2.36. The van der Waals surface area contributed by atoms with Crippen LogP contribution in [0.25, 0.3) is 0 Å². The molecule has 1 aliphatic rings. The largest absolute Gasteiger partial charge is 0.506 e. The van der Waals surface area contributed by atoms with Gasteiger partial charge in [-0.3, -0.25) is 0 Å². The van der Waals surface area contributed by atoms with Crippen LogP contribution >= 0.6 is 23.2 Å². The van der Waals surface area contributed by atoms with Gasteiger partial charge in [0.2, 0.25) is 6.29 Å². The van der Waals surface area contributed by atoms with Crippen LogP contribution in [0.1, 0.15) is 12.5 Å². The zero-order valence-corrected chi connectivity index (χ0v) is 9.60. The van der Waals surface area contributed by atoms with Crippen molar-refractivity contribution in [3.8, 4) is 11.5 Å². The number of hydrogen-bond donors (Lipinski definition) is 1. The number of phenolic OH excluding ortho intramolecular Hbond substituents is 1. The van der Waals surface area contributed by atoms with Crippen molar-refractivity contribution in [2.45, 2.75) is 19.6 Å². The van der Waals surface area contributed by atoms with E-state index in [1.807, 2.05) is 6.92 Å². The summed E-state index contributed by atoms with van der Waals surface area (Å²) in [5, 5.41) is 10.1. The second-order valence-electron chi connectivity index (χ2n) is 3.21. The summed E-state index contributed by atoms with van der Waals surface area (Å²) in [4.78, 5) is 0. The van der Waals surface area contributed by atoms with Gasteiger partial charge in [-0.15, -0.1) is 0 Å². The second-order valence-corrected chi connectivity index (χ2v) is 3.99. The second kappa shape index (κ2) is 4.08. The topological polar surface area (TPSA) is 38.7 Å². The lowest BCUT2D eigenvalue weighted by Crippen LogP contribution is -2.17. The SMILES string of the molecule is CCOC1Cc2c(Cl)c(O)cc(Cl)c2O1. The highest BCUT2D eigenvalue weighted by atomic mass is 35.5. The van der Waals surface area contributed by atoms with Crippen LogP contribution in [-0.2, 0) is 11.2 Å². The number of hydrogen-bond acceptors (Lipinski definition) is 3. The Morgan fingerprint density at radius 3 is 3.00 bits per heavy atom. The summed E-state index contributed by atoms with van der Waals surface area (Å²) in [5.74, 6) is 0.485. The molecule has 2 rings (SSSR count). The molecule has 82 valence electrons. The molecule has 1 aromatic rings. The van der Waals surface area contributed by atoms with Crippen molar-refractivity contribution in [2.75, 3.05) is 6.61 Å². The first-order chi connectivity index (χ1) is 7.13. The molecular weight excluding hydrogens is 239 g/mol. The van der Waals surface area contributed by atoms with Crippen molar-refractivity contribution in [1.82, 2.24) is 0 Å². The van der Waals surface area contributed by atoms with Crippen LogP contribution < -0.4 is 4.74 Å². The molecule has 5 heteroatoms. The lowest BCUT2D eigenvalue weighted by atomic mass is 10.1. The Kier molecular flexibility index (Phi) is 2.96. The highest BCUT2D eigenvalue weighted by Gasteiger charge is 2.29. The van der Waals surface area contributed by atoms with Gasteiger partial charge in [0.05, 0.1) is 10.0 Å². The molecule has 1 aromatic carbocycles. The molecule has 0 saturated carbocycles. The normalized spacial score (nSPS) is 18.7. The molecule has 0 bridgehead atoms. The van der Waals surface area contributed by atoms with Crippen molar-refractivity contribution in [3.05, 3.63) is 21.7 Å². The molecule has 1 heterocycles. The number of halogens is 2. The number of benzene rings is 1. The molecule has 0 aromatic heterocycles. The highest BCUT2D eigenvalue weighted by molar-refractivity contribution is 6.36. The van der Waals surface area contributed by atoms with Crippen LogP contribution in [0.2, 0.25) is 10.0 Å². The Labute approximate surface area is 97.5 Å². The van der Waals surface area contributed by atoms with Crippen LogP contribution in [0, 0.1) is 0 Å². The molecule has 0 spiro atoms. The van der Waals surface area contributed by atoms with E-state index in [0.29, 0.717) is 29.4 Å². The molecule has 0 fully saturated rings. The highest BCUT2D eigenvalue weighted by Crippen LogP contribution is 2.44. The smallest absolute Gasteiger partial charge is 0.204 e. The predicted octanol–water partition coefficient (Wildman–Crippen LogP) is 3.00. The van der Waals surface area contributed by atoms with Crippen molar-refractivity contribution >= 4 is 23.2 Å². The van der Waals surface area contributed by atoms with Gasteiger partial charge in [-0.05, 0) is 6.92 Å².